The molecule has 0 heterocycles. The molecule has 5 nitrogen and oxygen atoms in total. The Labute approximate surface area is 115 Å². The third-order valence-corrected chi connectivity index (χ3v) is 1.98. The second-order valence-corrected chi connectivity index (χ2v) is 5.61. The molecule has 0 bridgehead atoms. The van der Waals surface area contributed by atoms with Gasteiger partial charge in [0.15, 0.2) is 0 Å². The first kappa shape index (κ1) is 16.2. The largest absolute Gasteiger partial charge is 0.463 e. The van der Waals surface area contributed by atoms with Gasteiger partial charge in [-0.1, -0.05) is 0 Å². The van der Waals surface area contributed by atoms with Crippen LogP contribution < -0.4 is 5.73 Å². The highest BCUT2D eigenvalue weighted by atomic mass is 127. The van der Waals surface area contributed by atoms with E-state index >= 15 is 0 Å². The summed E-state index contributed by atoms with van der Waals surface area (Å²) in [7, 11) is 0. The van der Waals surface area contributed by atoms with Gasteiger partial charge >= 0.3 is 11.9 Å². The number of esters is 2. The zero-order chi connectivity index (χ0) is 13.6. The minimum Gasteiger partial charge on any atom is -0.463 e. The first-order valence-electron chi connectivity index (χ1n) is 5.23. The number of hydrogen-bond acceptors (Lipinski definition) is 5. The molecule has 1 unspecified atom stereocenters. The fourth-order valence-corrected chi connectivity index (χ4v) is 1.23. The smallest absolute Gasteiger partial charge is 0.355 e. The van der Waals surface area contributed by atoms with Crippen LogP contribution in [0.1, 0.15) is 34.1 Å². The molecular weight excluding hydrogens is 337 g/mol. The summed E-state index contributed by atoms with van der Waals surface area (Å²) in [5.41, 5.74) is 6.01. The summed E-state index contributed by atoms with van der Waals surface area (Å²) in [6.07, 6.45) is -0.188. The van der Waals surface area contributed by atoms with Crippen molar-refractivity contribution in [1.82, 2.24) is 0 Å². The zero-order valence-electron chi connectivity index (χ0n) is 10.5. The fraction of sp³-hybridized carbons (Fsp3) is 0.636. The Morgan fingerprint density at radius 2 is 1.76 bits per heavy atom. The molecule has 98 valence electrons. The summed E-state index contributed by atoms with van der Waals surface area (Å²) in [4.78, 5) is 22.8. The highest BCUT2D eigenvalue weighted by molar-refractivity contribution is 14.1. The Hall–Kier alpha value is -0.790. The van der Waals surface area contributed by atoms with Gasteiger partial charge in [0.2, 0.25) is 0 Å². The van der Waals surface area contributed by atoms with Gasteiger partial charge in [-0.25, -0.2) is 4.79 Å². The number of ether oxygens (including phenoxy) is 2. The standard InChI is InChI=1S/C11H18INO4/c1-6(2)16-9(14)5-7(3)10(13)11(15)17-8(4)12/h6,8H,5,13H2,1-4H3/b10-7+. The van der Waals surface area contributed by atoms with Gasteiger partial charge in [-0.05, 0) is 55.9 Å². The van der Waals surface area contributed by atoms with Crippen LogP contribution >= 0.6 is 22.6 Å². The Kier molecular flexibility index (Phi) is 7.17. The molecule has 0 amide bonds. The number of halogens is 1. The maximum absolute atomic E-state index is 11.4. The summed E-state index contributed by atoms with van der Waals surface area (Å²) in [5, 5.41) is 0. The van der Waals surface area contributed by atoms with Crippen molar-refractivity contribution < 1.29 is 19.1 Å². The molecule has 0 aliphatic carbocycles. The van der Waals surface area contributed by atoms with E-state index in [1.54, 1.807) is 27.7 Å². The van der Waals surface area contributed by atoms with Crippen LogP contribution in [0.25, 0.3) is 0 Å². The molecule has 17 heavy (non-hydrogen) atoms. The monoisotopic (exact) mass is 355 g/mol. The minimum atomic E-state index is -0.609. The Bertz CT molecular complexity index is 323. The molecule has 2 N–H and O–H groups in total. The van der Waals surface area contributed by atoms with Crippen LogP contribution in [-0.2, 0) is 19.1 Å². The van der Waals surface area contributed by atoms with E-state index in [1.807, 2.05) is 22.6 Å². The van der Waals surface area contributed by atoms with Gasteiger partial charge in [0.1, 0.15) is 9.81 Å². The predicted octanol–water partition coefficient (Wildman–Crippen LogP) is 1.89. The van der Waals surface area contributed by atoms with E-state index in [4.69, 9.17) is 15.2 Å². The van der Waals surface area contributed by atoms with Gasteiger partial charge in [0.25, 0.3) is 0 Å². The molecule has 0 spiro atoms. The first-order chi connectivity index (χ1) is 7.73. The molecule has 0 rings (SSSR count). The summed E-state index contributed by atoms with van der Waals surface area (Å²) in [6.45, 7) is 6.84. The number of hydrogen-bond donors (Lipinski definition) is 1. The molecule has 1 atom stereocenters. The maximum atomic E-state index is 11.4. The lowest BCUT2D eigenvalue weighted by molar-refractivity contribution is -0.146. The lowest BCUT2D eigenvalue weighted by Gasteiger charge is -2.11. The molecule has 0 aliphatic rings. The normalized spacial score (nSPS) is 14.0. The molecular formula is C11H18INO4. The molecule has 0 saturated heterocycles. The highest BCUT2D eigenvalue weighted by Crippen LogP contribution is 2.10. The van der Waals surface area contributed by atoms with E-state index in [0.29, 0.717) is 5.57 Å². The highest BCUT2D eigenvalue weighted by Gasteiger charge is 2.15. The molecule has 0 saturated carbocycles. The number of carbonyl (C=O) groups is 2. The van der Waals surface area contributed by atoms with Crippen molar-refractivity contribution in [2.75, 3.05) is 0 Å². The van der Waals surface area contributed by atoms with Crippen LogP contribution in [0.3, 0.4) is 0 Å². The van der Waals surface area contributed by atoms with E-state index in [-0.39, 0.29) is 22.3 Å². The second-order valence-electron chi connectivity index (χ2n) is 3.86. The van der Waals surface area contributed by atoms with E-state index in [9.17, 15) is 9.59 Å². The fourth-order valence-electron chi connectivity index (χ4n) is 1.00. The summed E-state index contributed by atoms with van der Waals surface area (Å²) in [5.74, 6) is -1.02. The van der Waals surface area contributed by atoms with Gasteiger partial charge in [0.05, 0.1) is 12.5 Å². The van der Waals surface area contributed by atoms with E-state index in [2.05, 4.69) is 0 Å². The predicted molar refractivity (Wildman–Crippen MR) is 72.3 cm³/mol. The van der Waals surface area contributed by atoms with Crippen molar-refractivity contribution in [3.63, 3.8) is 0 Å². The van der Waals surface area contributed by atoms with Crippen molar-refractivity contribution in [1.29, 1.82) is 0 Å². The molecule has 0 fully saturated rings. The van der Waals surface area contributed by atoms with E-state index in [1.165, 1.54) is 0 Å². The van der Waals surface area contributed by atoms with Crippen LogP contribution in [0.15, 0.2) is 11.3 Å². The lowest BCUT2D eigenvalue weighted by atomic mass is 10.1. The van der Waals surface area contributed by atoms with Crippen LogP contribution in [-0.4, -0.2) is 22.2 Å². The van der Waals surface area contributed by atoms with Gasteiger partial charge in [-0.2, -0.15) is 0 Å². The van der Waals surface area contributed by atoms with Crippen molar-refractivity contribution in [3.8, 4) is 0 Å². The van der Waals surface area contributed by atoms with Crippen LogP contribution in [0.4, 0.5) is 0 Å². The Balaban J connectivity index is 4.49. The first-order valence-corrected chi connectivity index (χ1v) is 6.48. The molecule has 6 heteroatoms. The van der Waals surface area contributed by atoms with Crippen molar-refractivity contribution in [2.45, 2.75) is 44.3 Å². The third-order valence-electron chi connectivity index (χ3n) is 1.73. The molecule has 0 aromatic carbocycles. The maximum Gasteiger partial charge on any atom is 0.355 e. The second kappa shape index (κ2) is 7.52. The average molecular weight is 355 g/mol. The number of carbonyl (C=O) groups excluding carboxylic acids is 2. The van der Waals surface area contributed by atoms with Gasteiger partial charge in [0, 0.05) is 0 Å². The van der Waals surface area contributed by atoms with Crippen molar-refractivity contribution >= 4 is 34.5 Å². The molecule has 0 aromatic heterocycles. The van der Waals surface area contributed by atoms with Crippen molar-refractivity contribution in [3.05, 3.63) is 11.3 Å². The lowest BCUT2D eigenvalue weighted by Crippen LogP contribution is -2.20. The molecule has 0 aliphatic heterocycles. The van der Waals surface area contributed by atoms with Gasteiger partial charge in [-0.15, -0.1) is 0 Å². The summed E-state index contributed by atoms with van der Waals surface area (Å²) < 4.78 is 9.59. The number of rotatable bonds is 5. The minimum absolute atomic E-state index is 0.00522. The SMILES string of the molecule is C/C(CC(=O)OC(C)C)=C(\N)C(=O)OC(C)I. The van der Waals surface area contributed by atoms with Gasteiger partial charge in [-0.3, -0.25) is 4.79 Å². The van der Waals surface area contributed by atoms with Crippen LogP contribution in [0.5, 0.6) is 0 Å². The van der Waals surface area contributed by atoms with Gasteiger partial charge < -0.3 is 15.2 Å². The topological polar surface area (TPSA) is 78.6 Å². The third kappa shape index (κ3) is 7.19. The van der Waals surface area contributed by atoms with Crippen molar-refractivity contribution in [2.24, 2.45) is 5.73 Å². The van der Waals surface area contributed by atoms with E-state index < -0.39 is 11.9 Å². The van der Waals surface area contributed by atoms with Crippen LogP contribution in [0, 0.1) is 0 Å². The average Bonchev–Trinajstić information content (AvgIpc) is 2.13. The Morgan fingerprint density at radius 1 is 1.24 bits per heavy atom. The number of nitrogens with two attached hydrogens (primary N) is 1. The number of alkyl halides is 1. The Morgan fingerprint density at radius 3 is 2.18 bits per heavy atom. The zero-order valence-corrected chi connectivity index (χ0v) is 12.6. The molecule has 0 aromatic rings. The summed E-state index contributed by atoms with van der Waals surface area (Å²) >= 11 is 1.94. The van der Waals surface area contributed by atoms with Crippen LogP contribution in [0.2, 0.25) is 0 Å². The van der Waals surface area contributed by atoms with E-state index in [0.717, 1.165) is 0 Å². The quantitative estimate of drug-likeness (QED) is 0.353. The summed E-state index contributed by atoms with van der Waals surface area (Å²) in [6, 6.07) is 0. The molecule has 0 radical (unpaired) electrons.